The van der Waals surface area contributed by atoms with Crippen LogP contribution in [0.1, 0.15) is 69.4 Å². The molecule has 0 saturated heterocycles. The Bertz CT molecular complexity index is 798. The minimum absolute atomic E-state index is 0.000786. The number of phenolic OH excluding ortho intramolecular Hbond substituents is 2. The number of rotatable bonds is 4. The van der Waals surface area contributed by atoms with Crippen LogP contribution in [0.2, 0.25) is 0 Å². The van der Waals surface area contributed by atoms with Crippen molar-refractivity contribution in [1.29, 1.82) is 0 Å². The second-order valence-corrected chi connectivity index (χ2v) is 9.00. The first-order valence-corrected chi connectivity index (χ1v) is 10.4. The zero-order valence-corrected chi connectivity index (χ0v) is 17.9. The number of aliphatic hydroxyl groups is 1. The van der Waals surface area contributed by atoms with Crippen molar-refractivity contribution in [3.63, 3.8) is 0 Å². The SMILES string of the molecule is C=C(C)[C@]1(C)CCC(C)=CC1c1c(O)c(Br)c2c(c1O)[C@H](CCO)CCO2. The van der Waals surface area contributed by atoms with Gasteiger partial charge in [0.05, 0.1) is 6.61 Å². The molecule has 1 aliphatic carbocycles. The van der Waals surface area contributed by atoms with Crippen LogP contribution in [0.25, 0.3) is 0 Å². The van der Waals surface area contributed by atoms with E-state index in [4.69, 9.17) is 4.74 Å². The number of allylic oxidation sites excluding steroid dienone is 3. The van der Waals surface area contributed by atoms with E-state index in [1.165, 1.54) is 5.57 Å². The molecule has 1 unspecified atom stereocenters. The molecule has 3 rings (SSSR count). The molecule has 148 valence electrons. The first kappa shape index (κ1) is 20.3. The van der Waals surface area contributed by atoms with E-state index in [2.05, 4.69) is 42.4 Å². The zero-order chi connectivity index (χ0) is 19.9. The molecule has 0 amide bonds. The summed E-state index contributed by atoms with van der Waals surface area (Å²) in [6.07, 6.45) is 5.33. The molecule has 1 aliphatic heterocycles. The van der Waals surface area contributed by atoms with Crippen LogP contribution in [0.3, 0.4) is 0 Å². The van der Waals surface area contributed by atoms with Crippen molar-refractivity contribution in [3.05, 3.63) is 39.4 Å². The first-order valence-electron chi connectivity index (χ1n) is 9.56. The Balaban J connectivity index is 2.27. The molecule has 27 heavy (non-hydrogen) atoms. The number of hydrogen-bond acceptors (Lipinski definition) is 4. The summed E-state index contributed by atoms with van der Waals surface area (Å²) in [6, 6.07) is 0. The Morgan fingerprint density at radius 3 is 2.67 bits per heavy atom. The quantitative estimate of drug-likeness (QED) is 0.543. The standard InChI is InChI=1S/C22H29BrO4/c1-12(2)22(4)8-5-13(3)11-15(22)17-19(25)16-14(6-9-24)7-10-27-21(16)18(23)20(17)26/h11,14-15,24-26H,1,5-10H2,2-4H3/t14-,15?,22+/m1/s1. The fraction of sp³-hybridized carbons (Fsp3) is 0.545. The van der Waals surface area contributed by atoms with Crippen molar-refractivity contribution in [2.75, 3.05) is 13.2 Å². The number of aromatic hydroxyl groups is 2. The summed E-state index contributed by atoms with van der Waals surface area (Å²) in [7, 11) is 0. The second-order valence-electron chi connectivity index (χ2n) is 8.20. The van der Waals surface area contributed by atoms with Crippen LogP contribution in [0.15, 0.2) is 28.3 Å². The number of phenols is 2. The van der Waals surface area contributed by atoms with Crippen molar-refractivity contribution in [2.24, 2.45) is 5.41 Å². The molecular weight excluding hydrogens is 408 g/mol. The number of fused-ring (bicyclic) bond motifs is 1. The Morgan fingerprint density at radius 2 is 2.04 bits per heavy atom. The highest BCUT2D eigenvalue weighted by Gasteiger charge is 2.42. The minimum Gasteiger partial charge on any atom is -0.507 e. The van der Waals surface area contributed by atoms with Crippen LogP contribution in [0.4, 0.5) is 0 Å². The van der Waals surface area contributed by atoms with E-state index < -0.39 is 0 Å². The van der Waals surface area contributed by atoms with Gasteiger partial charge in [-0.1, -0.05) is 30.7 Å². The van der Waals surface area contributed by atoms with E-state index >= 15 is 0 Å². The molecule has 0 bridgehead atoms. The van der Waals surface area contributed by atoms with E-state index in [-0.39, 0.29) is 35.4 Å². The zero-order valence-electron chi connectivity index (χ0n) is 16.3. The molecule has 0 radical (unpaired) electrons. The fourth-order valence-electron chi connectivity index (χ4n) is 4.46. The van der Waals surface area contributed by atoms with Crippen molar-refractivity contribution in [1.82, 2.24) is 0 Å². The molecule has 1 heterocycles. The smallest absolute Gasteiger partial charge is 0.144 e. The van der Waals surface area contributed by atoms with Crippen molar-refractivity contribution in [3.8, 4) is 17.2 Å². The van der Waals surface area contributed by atoms with Crippen LogP contribution in [-0.4, -0.2) is 28.5 Å². The normalized spacial score (nSPS) is 27.5. The van der Waals surface area contributed by atoms with Crippen LogP contribution in [-0.2, 0) is 0 Å². The van der Waals surface area contributed by atoms with Gasteiger partial charge in [0.25, 0.3) is 0 Å². The summed E-state index contributed by atoms with van der Waals surface area (Å²) in [5.41, 5.74) is 3.24. The molecule has 1 aromatic carbocycles. The average Bonchev–Trinajstić information content (AvgIpc) is 2.63. The van der Waals surface area contributed by atoms with E-state index in [0.717, 1.165) is 24.8 Å². The Hall–Kier alpha value is -1.46. The van der Waals surface area contributed by atoms with Gasteiger partial charge in [0, 0.05) is 23.7 Å². The second kappa shape index (κ2) is 7.51. The number of hydrogen-bond donors (Lipinski definition) is 3. The van der Waals surface area contributed by atoms with E-state index in [9.17, 15) is 15.3 Å². The molecule has 3 N–H and O–H groups in total. The molecule has 1 aromatic rings. The summed E-state index contributed by atoms with van der Waals surface area (Å²) in [5.74, 6) is 0.430. The van der Waals surface area contributed by atoms with Gasteiger partial charge in [0.1, 0.15) is 21.7 Å². The summed E-state index contributed by atoms with van der Waals surface area (Å²) in [5, 5.41) is 31.8. The maximum absolute atomic E-state index is 11.3. The highest BCUT2D eigenvalue weighted by Crippen LogP contribution is 2.59. The predicted molar refractivity (Wildman–Crippen MR) is 111 cm³/mol. The number of halogens is 1. The Kier molecular flexibility index (Phi) is 5.64. The molecule has 0 spiro atoms. The van der Waals surface area contributed by atoms with Gasteiger partial charge in [-0.05, 0) is 66.8 Å². The number of aliphatic hydroxyl groups excluding tert-OH is 1. The minimum atomic E-state index is -0.260. The van der Waals surface area contributed by atoms with E-state index in [1.54, 1.807) is 0 Å². The molecule has 0 saturated carbocycles. The third kappa shape index (κ3) is 3.29. The summed E-state index contributed by atoms with van der Waals surface area (Å²) < 4.78 is 6.25. The molecule has 0 aromatic heterocycles. The Morgan fingerprint density at radius 1 is 1.33 bits per heavy atom. The highest BCUT2D eigenvalue weighted by molar-refractivity contribution is 9.10. The summed E-state index contributed by atoms with van der Waals surface area (Å²) >= 11 is 3.49. The number of benzene rings is 1. The number of ether oxygens (including phenoxy) is 1. The van der Waals surface area contributed by atoms with Gasteiger partial charge < -0.3 is 20.1 Å². The van der Waals surface area contributed by atoms with Gasteiger partial charge >= 0.3 is 0 Å². The van der Waals surface area contributed by atoms with Gasteiger partial charge in [0.15, 0.2) is 0 Å². The maximum Gasteiger partial charge on any atom is 0.144 e. The Labute approximate surface area is 169 Å². The van der Waals surface area contributed by atoms with Gasteiger partial charge in [-0.3, -0.25) is 0 Å². The van der Waals surface area contributed by atoms with Crippen molar-refractivity contribution in [2.45, 2.75) is 58.3 Å². The summed E-state index contributed by atoms with van der Waals surface area (Å²) in [6.45, 7) is 11.0. The van der Waals surface area contributed by atoms with Crippen LogP contribution >= 0.6 is 15.9 Å². The maximum atomic E-state index is 11.3. The van der Waals surface area contributed by atoms with Crippen LogP contribution in [0, 0.1) is 5.41 Å². The third-order valence-corrected chi connectivity index (χ3v) is 7.21. The lowest BCUT2D eigenvalue weighted by molar-refractivity contribution is 0.222. The lowest BCUT2D eigenvalue weighted by atomic mass is 9.62. The van der Waals surface area contributed by atoms with E-state index in [1.807, 2.05) is 6.92 Å². The van der Waals surface area contributed by atoms with Crippen LogP contribution < -0.4 is 4.74 Å². The lowest BCUT2D eigenvalue weighted by Crippen LogP contribution is -2.29. The largest absolute Gasteiger partial charge is 0.507 e. The molecule has 0 fully saturated rings. The topological polar surface area (TPSA) is 69.9 Å². The van der Waals surface area contributed by atoms with E-state index in [0.29, 0.717) is 34.4 Å². The van der Waals surface area contributed by atoms with Crippen molar-refractivity contribution >= 4 is 15.9 Å². The molecular formula is C22H29BrO4. The van der Waals surface area contributed by atoms with Gasteiger partial charge in [-0.15, -0.1) is 0 Å². The van der Waals surface area contributed by atoms with Gasteiger partial charge in [-0.25, -0.2) is 0 Å². The van der Waals surface area contributed by atoms with Crippen LogP contribution in [0.5, 0.6) is 17.2 Å². The fourth-order valence-corrected chi connectivity index (χ4v) is 5.00. The average molecular weight is 437 g/mol. The first-order chi connectivity index (χ1) is 12.7. The predicted octanol–water partition coefficient (Wildman–Crippen LogP) is 5.51. The highest BCUT2D eigenvalue weighted by atomic mass is 79.9. The van der Waals surface area contributed by atoms with Gasteiger partial charge in [0.2, 0.25) is 0 Å². The third-order valence-electron chi connectivity index (χ3n) is 6.48. The molecule has 5 heteroatoms. The molecule has 4 nitrogen and oxygen atoms in total. The van der Waals surface area contributed by atoms with Crippen molar-refractivity contribution < 1.29 is 20.1 Å². The summed E-state index contributed by atoms with van der Waals surface area (Å²) in [4.78, 5) is 0. The molecule has 3 atom stereocenters. The van der Waals surface area contributed by atoms with Gasteiger partial charge in [-0.2, -0.15) is 0 Å². The lowest BCUT2D eigenvalue weighted by Gasteiger charge is -2.42. The monoisotopic (exact) mass is 436 g/mol. The molecule has 2 aliphatic rings.